The molecular weight excluding hydrogens is 242 g/mol. The molecule has 0 radical (unpaired) electrons. The minimum absolute atomic E-state index is 0.0289. The van der Waals surface area contributed by atoms with Crippen molar-refractivity contribution in [2.75, 3.05) is 32.9 Å². The van der Waals surface area contributed by atoms with E-state index in [0.717, 1.165) is 6.61 Å². The Hall–Kier alpha value is -1.55. The molecule has 1 amide bonds. The van der Waals surface area contributed by atoms with E-state index < -0.39 is 0 Å². The molecule has 19 heavy (non-hydrogen) atoms. The maximum atomic E-state index is 12.4. The Morgan fingerprint density at radius 3 is 2.95 bits per heavy atom. The molecule has 1 aliphatic heterocycles. The topological polar surface area (TPSA) is 38.8 Å². The Balaban J connectivity index is 1.94. The van der Waals surface area contributed by atoms with E-state index in [1.165, 1.54) is 0 Å². The van der Waals surface area contributed by atoms with Crippen molar-refractivity contribution < 1.29 is 14.3 Å². The third kappa shape index (κ3) is 3.70. The van der Waals surface area contributed by atoms with Crippen LogP contribution in [0.1, 0.15) is 24.2 Å². The van der Waals surface area contributed by atoms with Crippen LogP contribution >= 0.6 is 0 Å². The zero-order chi connectivity index (χ0) is 13.7. The molecule has 0 aromatic heterocycles. The third-order valence-electron chi connectivity index (χ3n) is 2.98. The van der Waals surface area contributed by atoms with Crippen LogP contribution in [0.15, 0.2) is 24.3 Å². The molecule has 0 spiro atoms. The fourth-order valence-electron chi connectivity index (χ4n) is 2.01. The molecule has 1 aromatic rings. The molecule has 0 unspecified atom stereocenters. The number of ether oxygens (including phenoxy) is 2. The Morgan fingerprint density at radius 1 is 1.37 bits per heavy atom. The molecule has 0 saturated carbocycles. The van der Waals surface area contributed by atoms with Crippen molar-refractivity contribution in [1.82, 2.24) is 4.90 Å². The molecule has 0 saturated heterocycles. The quantitative estimate of drug-likeness (QED) is 0.764. The lowest BCUT2D eigenvalue weighted by atomic mass is 10.2. The van der Waals surface area contributed by atoms with E-state index in [0.29, 0.717) is 43.5 Å². The smallest absolute Gasteiger partial charge is 0.257 e. The van der Waals surface area contributed by atoms with Crippen molar-refractivity contribution in [2.24, 2.45) is 5.92 Å². The van der Waals surface area contributed by atoms with E-state index in [2.05, 4.69) is 13.8 Å². The molecule has 0 atom stereocenters. The lowest BCUT2D eigenvalue weighted by Gasteiger charge is -2.20. The summed E-state index contributed by atoms with van der Waals surface area (Å²) in [5, 5.41) is 0. The first-order valence-electron chi connectivity index (χ1n) is 6.77. The monoisotopic (exact) mass is 263 g/mol. The van der Waals surface area contributed by atoms with E-state index in [1.807, 2.05) is 24.3 Å². The number of amides is 1. The lowest BCUT2D eigenvalue weighted by Crippen LogP contribution is -2.35. The molecule has 104 valence electrons. The minimum atomic E-state index is 0.0289. The zero-order valence-corrected chi connectivity index (χ0v) is 11.6. The normalized spacial score (nSPS) is 15.1. The summed E-state index contributed by atoms with van der Waals surface area (Å²) in [6.07, 6.45) is 0. The van der Waals surface area contributed by atoms with Crippen LogP contribution in [0.5, 0.6) is 5.75 Å². The van der Waals surface area contributed by atoms with Crippen LogP contribution in [0.3, 0.4) is 0 Å². The fraction of sp³-hybridized carbons (Fsp3) is 0.533. The van der Waals surface area contributed by atoms with Crippen LogP contribution in [0.4, 0.5) is 0 Å². The highest BCUT2D eigenvalue weighted by atomic mass is 16.5. The van der Waals surface area contributed by atoms with E-state index in [9.17, 15) is 4.79 Å². The van der Waals surface area contributed by atoms with Gasteiger partial charge in [-0.1, -0.05) is 26.0 Å². The maximum Gasteiger partial charge on any atom is 0.257 e. The van der Waals surface area contributed by atoms with Gasteiger partial charge < -0.3 is 14.4 Å². The van der Waals surface area contributed by atoms with Crippen molar-refractivity contribution in [3.8, 4) is 5.75 Å². The van der Waals surface area contributed by atoms with Gasteiger partial charge in [-0.2, -0.15) is 0 Å². The lowest BCUT2D eigenvalue weighted by molar-refractivity contribution is 0.0596. The van der Waals surface area contributed by atoms with Crippen LogP contribution in [0, 0.1) is 5.92 Å². The standard InChI is InChI=1S/C15H21NO3/c1-12(2)11-18-9-7-16-8-10-19-14-6-4-3-5-13(14)15(16)17/h3-6,12H,7-11H2,1-2H3. The van der Waals surface area contributed by atoms with Gasteiger partial charge in [0.05, 0.1) is 18.7 Å². The summed E-state index contributed by atoms with van der Waals surface area (Å²) in [6.45, 7) is 7.29. The number of para-hydroxylation sites is 1. The first kappa shape index (κ1) is 13.9. The number of hydrogen-bond donors (Lipinski definition) is 0. The van der Waals surface area contributed by atoms with Crippen molar-refractivity contribution in [2.45, 2.75) is 13.8 Å². The summed E-state index contributed by atoms with van der Waals surface area (Å²) in [6, 6.07) is 7.39. The molecule has 2 rings (SSSR count). The number of nitrogens with zero attached hydrogens (tertiary/aromatic N) is 1. The van der Waals surface area contributed by atoms with Gasteiger partial charge in [0.15, 0.2) is 0 Å². The highest BCUT2D eigenvalue weighted by Crippen LogP contribution is 2.22. The van der Waals surface area contributed by atoms with Gasteiger partial charge in [-0.25, -0.2) is 0 Å². The molecule has 1 aliphatic rings. The minimum Gasteiger partial charge on any atom is -0.491 e. The number of carbonyl (C=O) groups excluding carboxylic acids is 1. The van der Waals surface area contributed by atoms with Gasteiger partial charge in [0.25, 0.3) is 5.91 Å². The van der Waals surface area contributed by atoms with Gasteiger partial charge in [0, 0.05) is 13.2 Å². The average Bonchev–Trinajstić information content (AvgIpc) is 2.55. The van der Waals surface area contributed by atoms with E-state index in [4.69, 9.17) is 9.47 Å². The van der Waals surface area contributed by atoms with E-state index >= 15 is 0 Å². The predicted octanol–water partition coefficient (Wildman–Crippen LogP) is 2.19. The van der Waals surface area contributed by atoms with Gasteiger partial charge in [0.1, 0.15) is 12.4 Å². The predicted molar refractivity (Wildman–Crippen MR) is 73.5 cm³/mol. The Labute approximate surface area is 114 Å². The van der Waals surface area contributed by atoms with E-state index in [-0.39, 0.29) is 5.91 Å². The van der Waals surface area contributed by atoms with Crippen LogP contribution in [-0.2, 0) is 4.74 Å². The summed E-state index contributed by atoms with van der Waals surface area (Å²) in [5.74, 6) is 1.23. The molecule has 4 heteroatoms. The van der Waals surface area contributed by atoms with Gasteiger partial charge in [0.2, 0.25) is 0 Å². The van der Waals surface area contributed by atoms with Crippen molar-refractivity contribution >= 4 is 5.91 Å². The molecule has 1 heterocycles. The summed E-state index contributed by atoms with van der Waals surface area (Å²) < 4.78 is 11.1. The summed E-state index contributed by atoms with van der Waals surface area (Å²) in [4.78, 5) is 14.2. The highest BCUT2D eigenvalue weighted by molar-refractivity contribution is 5.97. The SMILES string of the molecule is CC(C)COCCN1CCOc2ccccc2C1=O. The molecule has 4 nitrogen and oxygen atoms in total. The number of benzene rings is 1. The Kier molecular flexibility index (Phi) is 4.80. The second-order valence-electron chi connectivity index (χ2n) is 5.11. The third-order valence-corrected chi connectivity index (χ3v) is 2.98. The van der Waals surface area contributed by atoms with Crippen molar-refractivity contribution in [3.05, 3.63) is 29.8 Å². The van der Waals surface area contributed by atoms with Gasteiger partial charge >= 0.3 is 0 Å². The van der Waals surface area contributed by atoms with Gasteiger partial charge in [-0.05, 0) is 18.1 Å². The van der Waals surface area contributed by atoms with Crippen LogP contribution in [0.2, 0.25) is 0 Å². The second-order valence-corrected chi connectivity index (χ2v) is 5.11. The van der Waals surface area contributed by atoms with Crippen LogP contribution in [0.25, 0.3) is 0 Å². The number of rotatable bonds is 5. The highest BCUT2D eigenvalue weighted by Gasteiger charge is 2.22. The Morgan fingerprint density at radius 2 is 2.16 bits per heavy atom. The largest absolute Gasteiger partial charge is 0.491 e. The average molecular weight is 263 g/mol. The second kappa shape index (κ2) is 6.57. The first-order valence-corrected chi connectivity index (χ1v) is 6.77. The number of fused-ring (bicyclic) bond motifs is 1. The molecule has 0 fully saturated rings. The molecule has 1 aromatic carbocycles. The fourth-order valence-corrected chi connectivity index (χ4v) is 2.01. The van der Waals surface area contributed by atoms with Gasteiger partial charge in [-0.15, -0.1) is 0 Å². The summed E-state index contributed by atoms with van der Waals surface area (Å²) in [5.41, 5.74) is 0.642. The van der Waals surface area contributed by atoms with Crippen LogP contribution in [-0.4, -0.2) is 43.7 Å². The zero-order valence-electron chi connectivity index (χ0n) is 11.6. The maximum absolute atomic E-state index is 12.4. The molecular formula is C15H21NO3. The molecule has 0 bridgehead atoms. The first-order chi connectivity index (χ1) is 9.18. The van der Waals surface area contributed by atoms with E-state index in [1.54, 1.807) is 4.90 Å². The Bertz CT molecular complexity index is 431. The summed E-state index contributed by atoms with van der Waals surface area (Å²) >= 11 is 0. The molecule has 0 N–H and O–H groups in total. The van der Waals surface area contributed by atoms with Gasteiger partial charge in [-0.3, -0.25) is 4.79 Å². The molecule has 0 aliphatic carbocycles. The number of hydrogen-bond acceptors (Lipinski definition) is 3. The summed E-state index contributed by atoms with van der Waals surface area (Å²) in [7, 11) is 0. The number of carbonyl (C=O) groups is 1. The van der Waals surface area contributed by atoms with Crippen LogP contribution < -0.4 is 4.74 Å². The van der Waals surface area contributed by atoms with Crippen molar-refractivity contribution in [1.29, 1.82) is 0 Å². The van der Waals surface area contributed by atoms with Crippen molar-refractivity contribution in [3.63, 3.8) is 0 Å².